The highest BCUT2D eigenvalue weighted by molar-refractivity contribution is 6.31. The maximum absolute atomic E-state index is 13.4. The van der Waals surface area contributed by atoms with Gasteiger partial charge in [-0.2, -0.15) is 0 Å². The highest BCUT2D eigenvalue weighted by Crippen LogP contribution is 2.32. The van der Waals surface area contributed by atoms with Crippen LogP contribution in [0.3, 0.4) is 0 Å². The normalized spacial score (nSPS) is 14.4. The number of nitrogens with zero attached hydrogens (tertiary/aromatic N) is 2. The van der Waals surface area contributed by atoms with Crippen LogP contribution in [0.15, 0.2) is 60.7 Å². The smallest absolute Gasteiger partial charge is 0.412 e. The number of hydrogen-bond acceptors (Lipinski definition) is 4. The van der Waals surface area contributed by atoms with E-state index >= 15 is 0 Å². The Morgan fingerprint density at radius 1 is 1.05 bits per heavy atom. The van der Waals surface area contributed by atoms with Gasteiger partial charge in [0, 0.05) is 29.4 Å². The van der Waals surface area contributed by atoms with E-state index in [9.17, 15) is 18.8 Å². The summed E-state index contributed by atoms with van der Waals surface area (Å²) in [6.45, 7) is 0.731. The number of benzene rings is 3. The molecule has 8 nitrogen and oxygen atoms in total. The van der Waals surface area contributed by atoms with Crippen molar-refractivity contribution in [2.45, 2.75) is 25.8 Å². The minimum absolute atomic E-state index is 0.000165. The van der Waals surface area contributed by atoms with E-state index in [0.717, 1.165) is 43.1 Å². The molecule has 0 aliphatic carbocycles. The van der Waals surface area contributed by atoms with Crippen molar-refractivity contribution in [2.24, 2.45) is 5.73 Å². The average molecular weight is 525 g/mol. The summed E-state index contributed by atoms with van der Waals surface area (Å²) in [4.78, 5) is 37.4. The number of aryl methyl sites for hydroxylation is 1. The van der Waals surface area contributed by atoms with Gasteiger partial charge in [-0.15, -0.1) is 0 Å². The number of para-hydroxylation sites is 2. The molecule has 0 radical (unpaired) electrons. The first-order valence-corrected chi connectivity index (χ1v) is 12.1. The van der Waals surface area contributed by atoms with E-state index in [4.69, 9.17) is 22.4 Å². The predicted octanol–water partition coefficient (Wildman–Crippen LogP) is 5.04. The lowest BCUT2D eigenvalue weighted by atomic mass is 10.1. The van der Waals surface area contributed by atoms with Crippen LogP contribution in [-0.4, -0.2) is 36.1 Å². The van der Waals surface area contributed by atoms with Gasteiger partial charge in [0.2, 0.25) is 5.91 Å². The molecule has 10 heteroatoms. The topological polar surface area (TPSA) is 116 Å². The summed E-state index contributed by atoms with van der Waals surface area (Å²) >= 11 is 6.19. The molecule has 3 aromatic carbocycles. The van der Waals surface area contributed by atoms with Gasteiger partial charge < -0.3 is 21.1 Å². The van der Waals surface area contributed by atoms with E-state index < -0.39 is 17.8 Å². The van der Waals surface area contributed by atoms with Crippen molar-refractivity contribution in [1.82, 2.24) is 0 Å². The fourth-order valence-corrected chi connectivity index (χ4v) is 4.63. The largest absolute Gasteiger partial charge is 0.465 e. The number of carbonyl (C=O) groups is 3. The second-order valence-electron chi connectivity index (χ2n) is 8.61. The predicted molar refractivity (Wildman–Crippen MR) is 141 cm³/mol. The van der Waals surface area contributed by atoms with Crippen molar-refractivity contribution in [3.8, 4) is 0 Å². The SMILES string of the molecule is NCc1ccc(C(=O)N2CCCCc3ccccc32)cc1Cl.O=C1CN(C(=O)O)c2c(F)cccc2N1. The average Bonchev–Trinajstić information content (AvgIpc) is 3.11. The molecule has 5 rings (SSSR count). The molecule has 0 fully saturated rings. The van der Waals surface area contributed by atoms with Crippen LogP contribution in [0.25, 0.3) is 0 Å². The van der Waals surface area contributed by atoms with Crippen LogP contribution in [0.5, 0.6) is 0 Å². The lowest BCUT2D eigenvalue weighted by Crippen LogP contribution is -2.41. The van der Waals surface area contributed by atoms with Crippen LogP contribution in [0.2, 0.25) is 5.02 Å². The molecule has 3 amide bonds. The van der Waals surface area contributed by atoms with Crippen molar-refractivity contribution in [3.05, 3.63) is 88.2 Å². The minimum atomic E-state index is -1.35. The summed E-state index contributed by atoms with van der Waals surface area (Å²) in [5.74, 6) is -1.15. The molecule has 2 heterocycles. The number of nitrogens with two attached hydrogens (primary N) is 1. The lowest BCUT2D eigenvalue weighted by Gasteiger charge is -2.26. The van der Waals surface area contributed by atoms with Crippen molar-refractivity contribution < 1.29 is 23.9 Å². The second kappa shape index (κ2) is 11.4. The van der Waals surface area contributed by atoms with Crippen LogP contribution in [-0.2, 0) is 17.8 Å². The van der Waals surface area contributed by atoms with Crippen molar-refractivity contribution in [2.75, 3.05) is 28.2 Å². The Hall–Kier alpha value is -3.95. The molecule has 0 spiro atoms. The number of amides is 3. The zero-order chi connectivity index (χ0) is 26.5. The number of carbonyl (C=O) groups excluding carboxylic acids is 2. The molecule has 4 N–H and O–H groups in total. The Kier molecular flexibility index (Phi) is 8.05. The fraction of sp³-hybridized carbons (Fsp3) is 0.222. The summed E-state index contributed by atoms with van der Waals surface area (Å²) in [6.07, 6.45) is 1.78. The number of fused-ring (bicyclic) bond motifs is 2. The van der Waals surface area contributed by atoms with E-state index in [1.54, 1.807) is 6.07 Å². The highest BCUT2D eigenvalue weighted by Gasteiger charge is 2.29. The number of carboxylic acid groups (broad SMARTS) is 1. The first-order chi connectivity index (χ1) is 17.8. The first kappa shape index (κ1) is 26.1. The van der Waals surface area contributed by atoms with Gasteiger partial charge in [-0.1, -0.05) is 41.9 Å². The Bertz CT molecular complexity index is 1350. The third-order valence-corrected chi connectivity index (χ3v) is 6.54. The second-order valence-corrected chi connectivity index (χ2v) is 9.01. The molecule has 0 unspecified atom stereocenters. The summed E-state index contributed by atoms with van der Waals surface area (Å²) in [5.41, 5.74) is 9.41. The van der Waals surface area contributed by atoms with Crippen molar-refractivity contribution in [3.63, 3.8) is 0 Å². The van der Waals surface area contributed by atoms with Crippen LogP contribution in [0.1, 0.15) is 34.3 Å². The zero-order valence-electron chi connectivity index (χ0n) is 19.9. The van der Waals surface area contributed by atoms with Crippen LogP contribution in [0, 0.1) is 5.82 Å². The van der Waals surface area contributed by atoms with E-state index in [1.165, 1.54) is 17.7 Å². The third kappa shape index (κ3) is 5.73. The Balaban J connectivity index is 0.000000186. The molecule has 0 saturated heterocycles. The molecule has 0 aromatic heterocycles. The number of halogens is 2. The summed E-state index contributed by atoms with van der Waals surface area (Å²) < 4.78 is 13.4. The molecular weight excluding hydrogens is 499 g/mol. The van der Waals surface area contributed by atoms with Crippen LogP contribution in [0.4, 0.5) is 26.2 Å². The van der Waals surface area contributed by atoms with Gasteiger partial charge in [0.15, 0.2) is 0 Å². The molecule has 2 aliphatic rings. The van der Waals surface area contributed by atoms with Crippen molar-refractivity contribution >= 4 is 46.6 Å². The van der Waals surface area contributed by atoms with E-state index in [2.05, 4.69) is 11.4 Å². The maximum atomic E-state index is 13.4. The standard InChI is InChI=1S/C18H19ClN2O.C9H7FN2O3/c19-16-11-14(8-9-15(16)12-20)18(22)21-10-4-3-6-13-5-1-2-7-17(13)21;10-5-2-1-3-6-8(5)12(9(14)15)4-7(13)11-6/h1-2,5,7-9,11H,3-4,6,10,12,20H2;1-3H,4H2,(H,11,13)(H,14,15). The maximum Gasteiger partial charge on any atom is 0.412 e. The third-order valence-electron chi connectivity index (χ3n) is 6.19. The van der Waals surface area contributed by atoms with Gasteiger partial charge >= 0.3 is 6.09 Å². The zero-order valence-corrected chi connectivity index (χ0v) is 20.7. The summed E-state index contributed by atoms with van der Waals surface area (Å²) in [5, 5.41) is 11.8. The van der Waals surface area contributed by atoms with E-state index in [-0.39, 0.29) is 23.8 Å². The van der Waals surface area contributed by atoms with E-state index in [1.807, 2.05) is 35.2 Å². The van der Waals surface area contributed by atoms with Gasteiger partial charge in [0.25, 0.3) is 5.91 Å². The quantitative estimate of drug-likeness (QED) is 0.434. The molecule has 0 atom stereocenters. The van der Waals surface area contributed by atoms with Crippen LogP contribution >= 0.6 is 11.6 Å². The number of rotatable bonds is 2. The van der Waals surface area contributed by atoms with Gasteiger partial charge in [-0.05, 0) is 60.7 Å². The van der Waals surface area contributed by atoms with Gasteiger partial charge in [-0.3, -0.25) is 14.5 Å². The van der Waals surface area contributed by atoms with Crippen molar-refractivity contribution in [1.29, 1.82) is 0 Å². The Morgan fingerprint density at radius 2 is 1.84 bits per heavy atom. The number of anilines is 3. The summed E-state index contributed by atoms with van der Waals surface area (Å²) in [6, 6.07) is 17.5. The molecular formula is C27H26ClFN4O4. The first-order valence-electron chi connectivity index (χ1n) is 11.8. The van der Waals surface area contributed by atoms with E-state index in [0.29, 0.717) is 22.0 Å². The number of nitrogens with one attached hydrogen (secondary N) is 1. The Morgan fingerprint density at radius 3 is 2.57 bits per heavy atom. The highest BCUT2D eigenvalue weighted by atomic mass is 35.5. The fourth-order valence-electron chi connectivity index (χ4n) is 4.37. The molecule has 2 aliphatic heterocycles. The van der Waals surface area contributed by atoms with Gasteiger partial charge in [-0.25, -0.2) is 9.18 Å². The van der Waals surface area contributed by atoms with Gasteiger partial charge in [0.1, 0.15) is 18.0 Å². The van der Waals surface area contributed by atoms with Gasteiger partial charge in [0.05, 0.1) is 5.69 Å². The number of hydrogen-bond donors (Lipinski definition) is 3. The summed E-state index contributed by atoms with van der Waals surface area (Å²) in [7, 11) is 0. The minimum Gasteiger partial charge on any atom is -0.465 e. The molecule has 37 heavy (non-hydrogen) atoms. The molecule has 192 valence electrons. The molecule has 0 bridgehead atoms. The van der Waals surface area contributed by atoms with Crippen LogP contribution < -0.4 is 20.9 Å². The molecule has 0 saturated carbocycles. The monoisotopic (exact) mass is 524 g/mol. The Labute approximate surface area is 218 Å². The molecule has 3 aromatic rings. The lowest BCUT2D eigenvalue weighted by molar-refractivity contribution is -0.115.